The molecule has 5 amide bonds. The fourth-order valence-corrected chi connectivity index (χ4v) is 11.8. The third-order valence-corrected chi connectivity index (χ3v) is 16.4. The fourth-order valence-electron chi connectivity index (χ4n) is 11.8. The number of piperazine rings is 2. The van der Waals surface area contributed by atoms with Gasteiger partial charge in [-0.25, -0.2) is 18.7 Å². The van der Waals surface area contributed by atoms with E-state index < -0.39 is 29.1 Å². The van der Waals surface area contributed by atoms with Gasteiger partial charge in [0.25, 0.3) is 5.91 Å². The van der Waals surface area contributed by atoms with Gasteiger partial charge in [0.15, 0.2) is 0 Å². The minimum atomic E-state index is -0.621. The number of imide groups is 1. The van der Waals surface area contributed by atoms with E-state index in [-0.39, 0.29) is 47.7 Å². The second kappa shape index (κ2) is 20.3. The number of likely N-dealkylation sites (tertiary alicyclic amines) is 2. The molecule has 0 saturated carbocycles. The normalized spacial score (nSPS) is 23.3. The number of nitrogens with zero attached hydrogens (tertiary/aromatic N) is 9. The van der Waals surface area contributed by atoms with E-state index in [1.54, 1.807) is 9.80 Å². The molecule has 380 valence electrons. The van der Waals surface area contributed by atoms with Crippen molar-refractivity contribution in [1.82, 2.24) is 40.2 Å². The molecular weight excluding hydrogens is 911 g/mol. The minimum absolute atomic E-state index is 0.0345. The third-order valence-electron chi connectivity index (χ3n) is 16.4. The van der Waals surface area contributed by atoms with E-state index in [0.717, 1.165) is 102 Å². The van der Waals surface area contributed by atoms with Crippen LogP contribution in [0.3, 0.4) is 0 Å². The van der Waals surface area contributed by atoms with E-state index in [4.69, 9.17) is 0 Å². The summed E-state index contributed by atoms with van der Waals surface area (Å²) in [6.45, 7) is 15.0. The first-order valence-corrected chi connectivity index (χ1v) is 25.8. The van der Waals surface area contributed by atoms with Gasteiger partial charge in [0.1, 0.15) is 35.6 Å². The van der Waals surface area contributed by atoms with Gasteiger partial charge in [-0.3, -0.25) is 39.1 Å². The number of nitrogens with one attached hydrogen (secondary N) is 3. The number of halogens is 2. The van der Waals surface area contributed by atoms with Gasteiger partial charge >= 0.3 is 0 Å². The summed E-state index contributed by atoms with van der Waals surface area (Å²) in [5.41, 5.74) is 2.77. The lowest BCUT2D eigenvalue weighted by molar-refractivity contribution is -0.137. The Balaban J connectivity index is 0.635. The molecule has 0 aliphatic carbocycles. The molecular formula is C52H68F2N12O5. The number of anilines is 4. The smallest absolute Gasteiger partial charge is 0.255 e. The Bertz CT molecular complexity index is 2510. The molecule has 19 heteroatoms. The average molecular weight is 979 g/mol. The number of piperidine rings is 4. The molecule has 1 spiro atoms. The largest absolute Gasteiger partial charge is 0.369 e. The Morgan fingerprint density at radius 1 is 0.775 bits per heavy atom. The number of amides is 5. The van der Waals surface area contributed by atoms with Crippen LogP contribution in [-0.2, 0) is 32.3 Å². The maximum atomic E-state index is 15.7. The van der Waals surface area contributed by atoms with Crippen LogP contribution < -0.4 is 30.7 Å². The topological polar surface area (TPSA) is 170 Å². The lowest BCUT2D eigenvalue weighted by Gasteiger charge is -2.48. The molecule has 3 N–H and O–H groups in total. The van der Waals surface area contributed by atoms with Crippen LogP contribution in [-0.4, -0.2) is 162 Å². The zero-order chi connectivity index (χ0) is 49.4. The van der Waals surface area contributed by atoms with Crippen molar-refractivity contribution >= 4 is 52.5 Å². The van der Waals surface area contributed by atoms with Crippen molar-refractivity contribution in [3.8, 4) is 0 Å². The van der Waals surface area contributed by atoms with Gasteiger partial charge < -0.3 is 35.1 Å². The molecule has 7 aliphatic rings. The highest BCUT2D eigenvalue weighted by molar-refractivity contribution is 6.05. The second-order valence-electron chi connectivity index (χ2n) is 21.8. The Morgan fingerprint density at radius 2 is 1.54 bits per heavy atom. The monoisotopic (exact) mass is 979 g/mol. The van der Waals surface area contributed by atoms with E-state index in [1.807, 2.05) is 23.1 Å². The highest BCUT2D eigenvalue weighted by Crippen LogP contribution is 2.36. The average Bonchev–Trinajstić information content (AvgIpc) is 3.68. The number of hydrogen-bond acceptors (Lipinski definition) is 13. The molecule has 8 heterocycles. The summed E-state index contributed by atoms with van der Waals surface area (Å²) in [6, 6.07) is 9.79. The van der Waals surface area contributed by atoms with Gasteiger partial charge in [-0.2, -0.15) is 0 Å². The van der Waals surface area contributed by atoms with Crippen LogP contribution in [0.15, 0.2) is 42.7 Å². The molecule has 71 heavy (non-hydrogen) atoms. The van der Waals surface area contributed by atoms with E-state index in [1.165, 1.54) is 18.5 Å². The summed E-state index contributed by atoms with van der Waals surface area (Å²) in [5, 5.41) is 8.88. The number of aromatic nitrogens is 2. The number of fused-ring (bicyclic) bond motifs is 1. The van der Waals surface area contributed by atoms with Gasteiger partial charge in [-0.1, -0.05) is 13.8 Å². The van der Waals surface area contributed by atoms with Gasteiger partial charge in [0.05, 0.1) is 17.8 Å². The Morgan fingerprint density at radius 3 is 2.28 bits per heavy atom. The lowest BCUT2D eigenvalue weighted by atomic mass is 9.82. The molecule has 7 aliphatic heterocycles. The first-order chi connectivity index (χ1) is 34.2. The van der Waals surface area contributed by atoms with Crippen LogP contribution in [0.5, 0.6) is 0 Å². The highest BCUT2D eigenvalue weighted by atomic mass is 19.1. The van der Waals surface area contributed by atoms with Gasteiger partial charge in [0.2, 0.25) is 23.6 Å². The summed E-state index contributed by atoms with van der Waals surface area (Å²) < 4.78 is 31.2. The SMILES string of the molecule is CC1(C)CCN(Cc2cc(F)c(N3CC(=O)NC4(CCN(c5cc(NCCC(=O)N6CCC(CN7CCN(c8ccc9c(c8)CN(C8CCC(=O)NC8=O)C9=O)CC7)CC6)ncn5)CC4)C3)cc2F)CC1. The zero-order valence-electron chi connectivity index (χ0n) is 41.2. The number of benzene rings is 2. The quantitative estimate of drug-likeness (QED) is 0.223. The first-order valence-electron chi connectivity index (χ1n) is 25.8. The number of hydrogen-bond donors (Lipinski definition) is 3. The van der Waals surface area contributed by atoms with Crippen molar-refractivity contribution in [2.45, 2.75) is 96.3 Å². The van der Waals surface area contributed by atoms with E-state index in [2.05, 4.69) is 65.4 Å². The van der Waals surface area contributed by atoms with Crippen LogP contribution in [0.4, 0.5) is 31.8 Å². The zero-order valence-corrected chi connectivity index (χ0v) is 41.2. The molecule has 2 aromatic carbocycles. The lowest BCUT2D eigenvalue weighted by Crippen LogP contribution is -2.66. The minimum Gasteiger partial charge on any atom is -0.369 e. The molecule has 6 fully saturated rings. The predicted molar refractivity (Wildman–Crippen MR) is 265 cm³/mol. The maximum absolute atomic E-state index is 15.7. The van der Waals surface area contributed by atoms with Gasteiger partial charge in [0, 0.05) is 127 Å². The second-order valence-corrected chi connectivity index (χ2v) is 21.8. The summed E-state index contributed by atoms with van der Waals surface area (Å²) >= 11 is 0. The summed E-state index contributed by atoms with van der Waals surface area (Å²) in [5.74, 6) is 0.0177. The van der Waals surface area contributed by atoms with Crippen molar-refractivity contribution in [2.24, 2.45) is 11.3 Å². The van der Waals surface area contributed by atoms with Crippen LogP contribution >= 0.6 is 0 Å². The Hall–Kier alpha value is -5.95. The molecule has 10 rings (SSSR count). The van der Waals surface area contributed by atoms with Crippen LogP contribution in [0, 0.1) is 23.0 Å². The molecule has 1 atom stereocenters. The van der Waals surface area contributed by atoms with Gasteiger partial charge in [-0.05, 0) is 99.2 Å². The molecule has 6 saturated heterocycles. The number of carbonyl (C=O) groups excluding carboxylic acids is 5. The Labute approximate surface area is 414 Å². The first kappa shape index (κ1) is 48.7. The number of rotatable bonds is 12. The van der Waals surface area contributed by atoms with Crippen molar-refractivity contribution in [1.29, 1.82) is 0 Å². The molecule has 0 radical (unpaired) electrons. The molecule has 1 aromatic heterocycles. The molecule has 0 bridgehead atoms. The van der Waals surface area contributed by atoms with Crippen LogP contribution in [0.25, 0.3) is 0 Å². The van der Waals surface area contributed by atoms with E-state index in [9.17, 15) is 24.0 Å². The molecule has 3 aromatic rings. The molecule has 1 unspecified atom stereocenters. The van der Waals surface area contributed by atoms with Crippen molar-refractivity contribution in [2.75, 3.05) is 112 Å². The van der Waals surface area contributed by atoms with Crippen molar-refractivity contribution in [3.63, 3.8) is 0 Å². The highest BCUT2D eigenvalue weighted by Gasteiger charge is 2.43. The standard InChI is InChI=1S/C52H68F2N12O5/c1-51(2)10-17-60(18-11-51)30-37-26-41(54)43(27-40(37)53)65-32-47(68)59-52(33-65)12-19-63(20-13-52)45-28-44(56-34-57-45)55-14-7-48(69)64-15-8-35(9-16-64)29-61-21-23-62(24-22-61)38-3-4-39-36(25-38)31-66(50(39)71)42-5-6-46(67)58-49(42)70/h3-4,25-28,34-35,42H,5-24,29-33H2,1-2H3,(H,59,68)(H,55,56,57)(H,58,67,70). The predicted octanol–water partition coefficient (Wildman–Crippen LogP) is 3.98. The number of carbonyl (C=O) groups is 5. The van der Waals surface area contributed by atoms with Crippen molar-refractivity contribution in [3.05, 3.63) is 71.1 Å². The van der Waals surface area contributed by atoms with Crippen molar-refractivity contribution < 1.29 is 32.8 Å². The Kier molecular flexibility index (Phi) is 13.9. The summed E-state index contributed by atoms with van der Waals surface area (Å²) in [6.07, 6.45) is 7.64. The van der Waals surface area contributed by atoms with E-state index in [0.29, 0.717) is 87.8 Å². The third kappa shape index (κ3) is 11.0. The van der Waals surface area contributed by atoms with Crippen LogP contribution in [0.2, 0.25) is 0 Å². The van der Waals surface area contributed by atoms with Crippen LogP contribution in [0.1, 0.15) is 93.1 Å². The summed E-state index contributed by atoms with van der Waals surface area (Å²) in [4.78, 5) is 87.1. The van der Waals surface area contributed by atoms with Gasteiger partial charge in [-0.15, -0.1) is 0 Å². The summed E-state index contributed by atoms with van der Waals surface area (Å²) in [7, 11) is 0. The maximum Gasteiger partial charge on any atom is 0.255 e. The fraction of sp³-hybridized carbons (Fsp3) is 0.596. The molecule has 17 nitrogen and oxygen atoms in total. The van der Waals surface area contributed by atoms with E-state index >= 15 is 8.78 Å².